The van der Waals surface area contributed by atoms with E-state index >= 15 is 0 Å². The molecular formula is C11H10N2O4. The van der Waals surface area contributed by atoms with E-state index in [0.29, 0.717) is 0 Å². The van der Waals surface area contributed by atoms with Crippen LogP contribution >= 0.6 is 0 Å². The molecule has 0 bridgehead atoms. The van der Waals surface area contributed by atoms with Crippen molar-refractivity contribution < 1.29 is 19.5 Å². The second-order valence-corrected chi connectivity index (χ2v) is 3.23. The Balaban J connectivity index is 2.80. The molecule has 0 fully saturated rings. The van der Waals surface area contributed by atoms with Gasteiger partial charge in [0.15, 0.2) is 0 Å². The molecular weight excluding hydrogens is 224 g/mol. The van der Waals surface area contributed by atoms with Crippen LogP contribution in [0.2, 0.25) is 0 Å². The second kappa shape index (κ2) is 6.19. The number of aliphatic imine (C=N–C) groups is 1. The summed E-state index contributed by atoms with van der Waals surface area (Å²) in [5, 5.41) is 10.6. The smallest absolute Gasteiger partial charge is 0.405 e. The van der Waals surface area contributed by atoms with E-state index in [1.54, 1.807) is 30.3 Å². The van der Waals surface area contributed by atoms with Crippen LogP contribution in [0.25, 0.3) is 0 Å². The average Bonchev–Trinajstić information content (AvgIpc) is 2.29. The van der Waals surface area contributed by atoms with Crippen molar-refractivity contribution in [3.8, 4) is 0 Å². The van der Waals surface area contributed by atoms with E-state index in [1.807, 2.05) is 5.32 Å². The van der Waals surface area contributed by atoms with E-state index in [1.165, 1.54) is 0 Å². The van der Waals surface area contributed by atoms with Crippen LogP contribution in [0.3, 0.4) is 0 Å². The molecule has 1 aromatic rings. The van der Waals surface area contributed by atoms with Crippen LogP contribution in [-0.2, 0) is 16.0 Å². The van der Waals surface area contributed by atoms with Crippen LogP contribution in [0, 0.1) is 0 Å². The quantitative estimate of drug-likeness (QED) is 0.592. The Morgan fingerprint density at radius 2 is 2.00 bits per heavy atom. The highest BCUT2D eigenvalue weighted by Crippen LogP contribution is 2.04. The molecule has 0 aromatic heterocycles. The number of carbonyl (C=O) groups excluding carboxylic acids is 2. The van der Waals surface area contributed by atoms with Gasteiger partial charge in [-0.15, -0.1) is 4.99 Å². The van der Waals surface area contributed by atoms with Gasteiger partial charge in [-0.3, -0.25) is 4.79 Å². The third-order valence-electron chi connectivity index (χ3n) is 2.03. The first-order valence-corrected chi connectivity index (χ1v) is 4.78. The Labute approximate surface area is 97.0 Å². The molecule has 2 amide bonds. The first-order chi connectivity index (χ1) is 8.13. The normalized spacial score (nSPS) is 11.1. The van der Waals surface area contributed by atoms with Crippen LogP contribution in [0.15, 0.2) is 35.3 Å². The lowest BCUT2D eigenvalue weighted by atomic mass is 10.1. The third kappa shape index (κ3) is 4.27. The molecule has 0 aliphatic carbocycles. The number of hydrogen-bond acceptors (Lipinski definition) is 3. The van der Waals surface area contributed by atoms with E-state index in [-0.39, 0.29) is 6.42 Å². The Morgan fingerprint density at radius 3 is 2.53 bits per heavy atom. The van der Waals surface area contributed by atoms with Crippen LogP contribution in [0.4, 0.5) is 4.79 Å². The Morgan fingerprint density at radius 1 is 1.35 bits per heavy atom. The average molecular weight is 234 g/mol. The van der Waals surface area contributed by atoms with E-state index in [4.69, 9.17) is 5.11 Å². The number of rotatable bonds is 4. The molecule has 0 spiro atoms. The summed E-state index contributed by atoms with van der Waals surface area (Å²) in [5.74, 6) is -0.855. The van der Waals surface area contributed by atoms with Gasteiger partial charge in [-0.25, -0.2) is 9.59 Å². The topological polar surface area (TPSA) is 95.8 Å². The van der Waals surface area contributed by atoms with Gasteiger partial charge in [-0.05, 0) is 5.56 Å². The summed E-state index contributed by atoms with van der Waals surface area (Å²) in [5.41, 5.74) is 0.765. The molecule has 0 saturated heterocycles. The van der Waals surface area contributed by atoms with Gasteiger partial charge in [0.1, 0.15) is 6.04 Å². The summed E-state index contributed by atoms with van der Waals surface area (Å²) >= 11 is 0. The first kappa shape index (κ1) is 12.6. The summed E-state index contributed by atoms with van der Waals surface area (Å²) < 4.78 is 0. The maximum Gasteiger partial charge on any atom is 0.405 e. The molecule has 1 aromatic carbocycles. The van der Waals surface area contributed by atoms with Gasteiger partial charge in [0.05, 0.1) is 0 Å². The molecule has 88 valence electrons. The lowest BCUT2D eigenvalue weighted by Gasteiger charge is -2.12. The first-order valence-electron chi connectivity index (χ1n) is 4.78. The van der Waals surface area contributed by atoms with Crippen LogP contribution in [0.1, 0.15) is 5.56 Å². The molecule has 2 N–H and O–H groups in total. The van der Waals surface area contributed by atoms with E-state index < -0.39 is 18.0 Å². The van der Waals surface area contributed by atoms with Gasteiger partial charge in [0.2, 0.25) is 6.08 Å². The number of nitrogens with one attached hydrogen (secondary N) is 1. The fraction of sp³-hybridized carbons (Fsp3) is 0.182. The number of isocyanates is 1. The SMILES string of the molecule is O=C=NC(=O)[C@H](Cc1ccccc1)NC(=O)O. The summed E-state index contributed by atoms with van der Waals surface area (Å²) in [6.45, 7) is 0. The van der Waals surface area contributed by atoms with Crippen molar-refractivity contribution in [1.29, 1.82) is 0 Å². The third-order valence-corrected chi connectivity index (χ3v) is 2.03. The van der Waals surface area contributed by atoms with Crippen molar-refractivity contribution in [1.82, 2.24) is 5.32 Å². The Kier molecular flexibility index (Phi) is 4.59. The maximum atomic E-state index is 11.3. The Hall–Kier alpha value is -2.46. The van der Waals surface area contributed by atoms with Crippen molar-refractivity contribution in [3.63, 3.8) is 0 Å². The summed E-state index contributed by atoms with van der Waals surface area (Å²) in [6.07, 6.45) is -0.111. The molecule has 0 aliphatic rings. The minimum absolute atomic E-state index is 0.136. The fourth-order valence-electron chi connectivity index (χ4n) is 1.32. The minimum Gasteiger partial charge on any atom is -0.465 e. The van der Waals surface area contributed by atoms with E-state index in [9.17, 15) is 14.4 Å². The molecule has 6 heteroatoms. The molecule has 0 heterocycles. The predicted octanol–water partition coefficient (Wildman–Crippen LogP) is 0.728. The standard InChI is InChI=1S/C11H10N2O4/c14-7-12-10(15)9(13-11(16)17)6-8-4-2-1-3-5-8/h1-5,9,13H,6H2,(H,16,17)/t9-/m0/s1. The zero-order valence-electron chi connectivity index (χ0n) is 8.79. The summed E-state index contributed by atoms with van der Waals surface area (Å²) in [7, 11) is 0. The molecule has 0 unspecified atom stereocenters. The predicted molar refractivity (Wildman–Crippen MR) is 58.2 cm³/mol. The largest absolute Gasteiger partial charge is 0.465 e. The number of hydrogen-bond donors (Lipinski definition) is 2. The highest BCUT2D eigenvalue weighted by atomic mass is 16.4. The second-order valence-electron chi connectivity index (χ2n) is 3.23. The van der Waals surface area contributed by atoms with Crippen LogP contribution in [0.5, 0.6) is 0 Å². The molecule has 6 nitrogen and oxygen atoms in total. The fourth-order valence-corrected chi connectivity index (χ4v) is 1.32. The molecule has 0 saturated carbocycles. The van der Waals surface area contributed by atoms with Crippen molar-refractivity contribution in [2.75, 3.05) is 0 Å². The van der Waals surface area contributed by atoms with Gasteiger partial charge in [-0.1, -0.05) is 30.3 Å². The van der Waals surface area contributed by atoms with Gasteiger partial charge in [0.25, 0.3) is 5.91 Å². The van der Waals surface area contributed by atoms with Gasteiger partial charge >= 0.3 is 6.09 Å². The lowest BCUT2D eigenvalue weighted by molar-refractivity contribution is -0.119. The van der Waals surface area contributed by atoms with E-state index in [0.717, 1.165) is 11.6 Å². The number of benzene rings is 1. The van der Waals surface area contributed by atoms with Crippen LogP contribution in [-0.4, -0.2) is 29.2 Å². The monoisotopic (exact) mass is 234 g/mol. The van der Waals surface area contributed by atoms with Crippen molar-refractivity contribution in [2.45, 2.75) is 12.5 Å². The van der Waals surface area contributed by atoms with Gasteiger partial charge < -0.3 is 10.4 Å². The summed E-state index contributed by atoms with van der Waals surface area (Å²) in [4.78, 5) is 34.7. The number of carboxylic acid groups (broad SMARTS) is 1. The zero-order valence-corrected chi connectivity index (χ0v) is 8.79. The van der Waals surface area contributed by atoms with E-state index in [2.05, 4.69) is 4.99 Å². The van der Waals surface area contributed by atoms with Crippen molar-refractivity contribution in [2.24, 2.45) is 4.99 Å². The molecule has 0 radical (unpaired) electrons. The molecule has 1 rings (SSSR count). The number of nitrogens with zero attached hydrogens (tertiary/aromatic N) is 1. The summed E-state index contributed by atoms with van der Waals surface area (Å²) in [6, 6.07) is 7.75. The maximum absolute atomic E-state index is 11.3. The molecule has 17 heavy (non-hydrogen) atoms. The van der Waals surface area contributed by atoms with Gasteiger partial charge in [-0.2, -0.15) is 0 Å². The van der Waals surface area contributed by atoms with Crippen LogP contribution < -0.4 is 5.32 Å². The number of amides is 2. The molecule has 1 atom stereocenters. The van der Waals surface area contributed by atoms with Crippen molar-refractivity contribution >= 4 is 18.1 Å². The number of carbonyl (C=O) groups is 2. The highest BCUT2D eigenvalue weighted by Gasteiger charge is 2.20. The lowest BCUT2D eigenvalue weighted by Crippen LogP contribution is -2.40. The minimum atomic E-state index is -1.35. The van der Waals surface area contributed by atoms with Crippen molar-refractivity contribution in [3.05, 3.63) is 35.9 Å². The van der Waals surface area contributed by atoms with Gasteiger partial charge in [0, 0.05) is 6.42 Å². The zero-order chi connectivity index (χ0) is 12.7. The highest BCUT2D eigenvalue weighted by molar-refractivity contribution is 5.89. The molecule has 0 aliphatic heterocycles. The Bertz CT molecular complexity index is 452.